The van der Waals surface area contributed by atoms with Crippen molar-refractivity contribution in [3.05, 3.63) is 30.2 Å². The Morgan fingerprint density at radius 3 is 2.96 bits per heavy atom. The number of carbonyl (C=O) groups is 2. The molecule has 0 spiro atoms. The Labute approximate surface area is 153 Å². The van der Waals surface area contributed by atoms with Crippen LogP contribution in [0.4, 0.5) is 0 Å². The van der Waals surface area contributed by atoms with E-state index in [1.165, 1.54) is 0 Å². The highest BCUT2D eigenvalue weighted by Gasteiger charge is 2.29. The molecule has 0 N–H and O–H groups in total. The third-order valence-corrected chi connectivity index (χ3v) is 5.48. The first kappa shape index (κ1) is 17.0. The highest BCUT2D eigenvalue weighted by molar-refractivity contribution is 5.85. The van der Waals surface area contributed by atoms with Crippen LogP contribution in [0.3, 0.4) is 0 Å². The largest absolute Gasteiger partial charge is 0.340 e. The zero-order valence-electron chi connectivity index (χ0n) is 15.0. The van der Waals surface area contributed by atoms with Gasteiger partial charge in [0.1, 0.15) is 5.82 Å². The van der Waals surface area contributed by atoms with Gasteiger partial charge >= 0.3 is 0 Å². The molecule has 0 aromatic carbocycles. The Balaban J connectivity index is 1.44. The molecule has 0 saturated carbocycles. The normalized spacial score (nSPS) is 21.8. The number of carbonyl (C=O) groups excluding carboxylic acids is 2. The van der Waals surface area contributed by atoms with Gasteiger partial charge in [-0.3, -0.25) is 14.0 Å². The van der Waals surface area contributed by atoms with Crippen LogP contribution in [-0.4, -0.2) is 62.4 Å². The van der Waals surface area contributed by atoms with Crippen molar-refractivity contribution >= 4 is 17.5 Å². The number of amides is 2. The van der Waals surface area contributed by atoms with Gasteiger partial charge in [0, 0.05) is 38.2 Å². The van der Waals surface area contributed by atoms with E-state index in [-0.39, 0.29) is 24.3 Å². The predicted octanol–water partition coefficient (Wildman–Crippen LogP) is 1.84. The number of pyridine rings is 1. The third-order valence-electron chi connectivity index (χ3n) is 5.48. The van der Waals surface area contributed by atoms with Crippen LogP contribution in [0.15, 0.2) is 24.4 Å². The first-order valence-corrected chi connectivity index (χ1v) is 9.57. The van der Waals surface area contributed by atoms with Crippen LogP contribution in [0.5, 0.6) is 0 Å². The molecule has 2 saturated heterocycles. The minimum Gasteiger partial charge on any atom is -0.340 e. The fourth-order valence-electron chi connectivity index (χ4n) is 4.02. The van der Waals surface area contributed by atoms with Gasteiger partial charge in [-0.25, -0.2) is 0 Å². The van der Waals surface area contributed by atoms with Gasteiger partial charge in [-0.2, -0.15) is 0 Å². The van der Waals surface area contributed by atoms with Gasteiger partial charge in [0.15, 0.2) is 5.65 Å². The van der Waals surface area contributed by atoms with E-state index >= 15 is 0 Å². The van der Waals surface area contributed by atoms with Crippen LogP contribution in [0.1, 0.15) is 50.3 Å². The summed E-state index contributed by atoms with van der Waals surface area (Å²) in [5.74, 6) is 1.28. The van der Waals surface area contributed by atoms with Crippen molar-refractivity contribution in [2.75, 3.05) is 26.2 Å². The topological polar surface area (TPSA) is 70.8 Å². The van der Waals surface area contributed by atoms with Gasteiger partial charge < -0.3 is 9.80 Å². The zero-order valence-corrected chi connectivity index (χ0v) is 15.0. The first-order valence-electron chi connectivity index (χ1n) is 9.57. The summed E-state index contributed by atoms with van der Waals surface area (Å²) in [5, 5.41) is 8.60. The third kappa shape index (κ3) is 3.43. The SMILES string of the molecule is O=C1CCCCCN1CC(=O)N1CCCC(c2nnc3ccccn23)C1. The number of rotatable bonds is 3. The van der Waals surface area contributed by atoms with E-state index in [9.17, 15) is 9.59 Å². The van der Waals surface area contributed by atoms with Crippen LogP contribution < -0.4 is 0 Å². The number of hydrogen-bond acceptors (Lipinski definition) is 4. The maximum atomic E-state index is 12.8. The number of likely N-dealkylation sites (tertiary alicyclic amines) is 2. The van der Waals surface area contributed by atoms with Crippen LogP contribution in [0.2, 0.25) is 0 Å². The summed E-state index contributed by atoms with van der Waals surface area (Å²) in [6.45, 7) is 2.33. The zero-order chi connectivity index (χ0) is 17.9. The van der Waals surface area contributed by atoms with Crippen molar-refractivity contribution in [2.24, 2.45) is 0 Å². The lowest BCUT2D eigenvalue weighted by atomic mass is 9.97. The Hall–Kier alpha value is -2.44. The maximum absolute atomic E-state index is 12.8. The molecular weight excluding hydrogens is 330 g/mol. The van der Waals surface area contributed by atoms with Crippen LogP contribution >= 0.6 is 0 Å². The fourth-order valence-corrected chi connectivity index (χ4v) is 4.02. The minimum atomic E-state index is 0.0544. The molecule has 26 heavy (non-hydrogen) atoms. The predicted molar refractivity (Wildman–Crippen MR) is 96.6 cm³/mol. The summed E-state index contributed by atoms with van der Waals surface area (Å²) >= 11 is 0. The molecule has 2 aliphatic rings. The highest BCUT2D eigenvalue weighted by Crippen LogP contribution is 2.26. The van der Waals surface area contributed by atoms with Gasteiger partial charge in [0.25, 0.3) is 0 Å². The van der Waals surface area contributed by atoms with Crippen molar-refractivity contribution in [3.63, 3.8) is 0 Å². The maximum Gasteiger partial charge on any atom is 0.242 e. The second-order valence-electron chi connectivity index (χ2n) is 7.29. The Morgan fingerprint density at radius 2 is 2.04 bits per heavy atom. The summed E-state index contributed by atoms with van der Waals surface area (Å²) in [5.41, 5.74) is 0.834. The van der Waals surface area contributed by atoms with Crippen LogP contribution in [0, 0.1) is 0 Å². The molecular formula is C19H25N5O2. The van der Waals surface area contributed by atoms with E-state index in [2.05, 4.69) is 10.2 Å². The Bertz CT molecular complexity index is 802. The van der Waals surface area contributed by atoms with E-state index < -0.39 is 0 Å². The van der Waals surface area contributed by atoms with Crippen molar-refractivity contribution in [1.82, 2.24) is 24.4 Å². The average Bonchev–Trinajstić information content (AvgIpc) is 3.00. The standard InChI is InChI=1S/C19H25N5O2/c25-17-9-2-1-4-10-23(17)14-18(26)22-11-6-7-15(13-22)19-21-20-16-8-3-5-12-24(16)19/h3,5,8,12,15H,1-2,4,6-7,9-11,13-14H2. The summed E-state index contributed by atoms with van der Waals surface area (Å²) < 4.78 is 2.01. The molecule has 1 unspecified atom stereocenters. The summed E-state index contributed by atoms with van der Waals surface area (Å²) in [4.78, 5) is 28.6. The smallest absolute Gasteiger partial charge is 0.242 e. The molecule has 2 aliphatic heterocycles. The average molecular weight is 355 g/mol. The molecule has 4 rings (SSSR count). The molecule has 2 fully saturated rings. The highest BCUT2D eigenvalue weighted by atomic mass is 16.2. The molecule has 0 aliphatic carbocycles. The van der Waals surface area contributed by atoms with Crippen molar-refractivity contribution < 1.29 is 9.59 Å². The van der Waals surface area contributed by atoms with Gasteiger partial charge in [-0.05, 0) is 37.8 Å². The van der Waals surface area contributed by atoms with E-state index in [0.717, 1.165) is 50.1 Å². The number of fused-ring (bicyclic) bond motifs is 1. The number of nitrogens with zero attached hydrogens (tertiary/aromatic N) is 5. The van der Waals surface area contributed by atoms with E-state index in [4.69, 9.17) is 0 Å². The van der Waals surface area contributed by atoms with E-state index in [1.54, 1.807) is 4.90 Å². The fraction of sp³-hybridized carbons (Fsp3) is 0.579. The Kier molecular flexibility index (Phi) is 4.86. The van der Waals surface area contributed by atoms with Crippen LogP contribution in [0.25, 0.3) is 5.65 Å². The van der Waals surface area contributed by atoms with E-state index in [1.807, 2.05) is 33.7 Å². The second kappa shape index (κ2) is 7.43. The van der Waals surface area contributed by atoms with Crippen molar-refractivity contribution in [3.8, 4) is 0 Å². The summed E-state index contributed by atoms with van der Waals surface area (Å²) in [7, 11) is 0. The minimum absolute atomic E-state index is 0.0544. The second-order valence-corrected chi connectivity index (χ2v) is 7.29. The first-order chi connectivity index (χ1) is 12.7. The number of aromatic nitrogens is 3. The molecule has 2 aromatic rings. The lowest BCUT2D eigenvalue weighted by molar-refractivity contribution is -0.140. The van der Waals surface area contributed by atoms with Gasteiger partial charge in [-0.15, -0.1) is 10.2 Å². The van der Waals surface area contributed by atoms with Gasteiger partial charge in [-0.1, -0.05) is 12.5 Å². The molecule has 1 atom stereocenters. The van der Waals surface area contributed by atoms with Gasteiger partial charge in [0.05, 0.1) is 6.54 Å². The number of piperidine rings is 1. The molecule has 7 heteroatoms. The Morgan fingerprint density at radius 1 is 1.12 bits per heavy atom. The molecule has 4 heterocycles. The molecule has 7 nitrogen and oxygen atoms in total. The number of hydrogen-bond donors (Lipinski definition) is 0. The van der Waals surface area contributed by atoms with E-state index in [0.29, 0.717) is 19.5 Å². The lowest BCUT2D eigenvalue weighted by Gasteiger charge is -2.33. The monoisotopic (exact) mass is 355 g/mol. The summed E-state index contributed by atoms with van der Waals surface area (Å²) in [6, 6.07) is 5.85. The molecule has 2 aromatic heterocycles. The van der Waals surface area contributed by atoms with Gasteiger partial charge in [0.2, 0.25) is 11.8 Å². The molecule has 138 valence electrons. The van der Waals surface area contributed by atoms with Crippen molar-refractivity contribution in [1.29, 1.82) is 0 Å². The van der Waals surface area contributed by atoms with Crippen molar-refractivity contribution in [2.45, 2.75) is 44.4 Å². The molecule has 0 bridgehead atoms. The lowest BCUT2D eigenvalue weighted by Crippen LogP contribution is -2.46. The molecule has 0 radical (unpaired) electrons. The quantitative estimate of drug-likeness (QED) is 0.842. The molecule has 2 amide bonds. The van der Waals surface area contributed by atoms with Crippen LogP contribution in [-0.2, 0) is 9.59 Å². The summed E-state index contributed by atoms with van der Waals surface area (Å²) in [6.07, 6.45) is 7.50.